The lowest BCUT2D eigenvalue weighted by Gasteiger charge is -2.17. The second-order valence-corrected chi connectivity index (χ2v) is 4.96. The van der Waals surface area contributed by atoms with Gasteiger partial charge in [-0.2, -0.15) is 4.98 Å². The van der Waals surface area contributed by atoms with Crippen molar-refractivity contribution >= 4 is 5.97 Å². The zero-order chi connectivity index (χ0) is 11.8. The third-order valence-corrected chi connectivity index (χ3v) is 3.96. The molecule has 0 aliphatic heterocycles. The van der Waals surface area contributed by atoms with Crippen LogP contribution in [0.3, 0.4) is 0 Å². The summed E-state index contributed by atoms with van der Waals surface area (Å²) in [7, 11) is 0. The smallest absolute Gasteiger partial charge is 0.397 e. The molecule has 0 radical (unpaired) electrons. The highest BCUT2D eigenvalue weighted by atomic mass is 16.6. The summed E-state index contributed by atoms with van der Waals surface area (Å²) in [4.78, 5) is 15.6. The van der Waals surface area contributed by atoms with E-state index in [4.69, 9.17) is 9.26 Å². The summed E-state index contributed by atoms with van der Waals surface area (Å²) < 4.78 is 9.79. The van der Waals surface area contributed by atoms with Crippen molar-refractivity contribution in [3.05, 3.63) is 11.7 Å². The monoisotopic (exact) mass is 236 g/mol. The largest absolute Gasteiger partial charge is 0.459 e. The summed E-state index contributed by atoms with van der Waals surface area (Å²) in [5.74, 6) is 2.07. The van der Waals surface area contributed by atoms with Crippen LogP contribution in [0.5, 0.6) is 0 Å². The van der Waals surface area contributed by atoms with E-state index in [9.17, 15) is 4.79 Å². The van der Waals surface area contributed by atoms with Gasteiger partial charge in [-0.25, -0.2) is 4.79 Å². The Kier molecular flexibility index (Phi) is 2.61. The standard InChI is InChI=1S/C12H16N2O3/c1-2-16-12(15)11-13-10(14-17-11)9-6-7-3-4-8(9)5-7/h7-9H,2-6H2,1H3. The Labute approximate surface area is 99.5 Å². The van der Waals surface area contributed by atoms with Crippen molar-refractivity contribution in [2.45, 2.75) is 38.5 Å². The third kappa shape index (κ3) is 1.83. The second kappa shape index (κ2) is 4.13. The molecular formula is C12H16N2O3. The van der Waals surface area contributed by atoms with Gasteiger partial charge < -0.3 is 9.26 Å². The van der Waals surface area contributed by atoms with Crippen LogP contribution in [-0.4, -0.2) is 22.7 Å². The minimum atomic E-state index is -0.519. The normalized spacial score (nSPS) is 30.8. The Bertz CT molecular complexity index is 429. The van der Waals surface area contributed by atoms with Crippen LogP contribution < -0.4 is 0 Å². The van der Waals surface area contributed by atoms with E-state index in [0.717, 1.165) is 12.3 Å². The molecule has 2 saturated carbocycles. The molecule has 5 nitrogen and oxygen atoms in total. The number of ether oxygens (including phenoxy) is 1. The minimum Gasteiger partial charge on any atom is -0.459 e. The highest BCUT2D eigenvalue weighted by molar-refractivity contribution is 5.83. The van der Waals surface area contributed by atoms with Gasteiger partial charge >= 0.3 is 11.9 Å². The Morgan fingerprint density at radius 2 is 2.35 bits per heavy atom. The molecule has 0 amide bonds. The van der Waals surface area contributed by atoms with E-state index < -0.39 is 5.97 Å². The molecule has 5 heteroatoms. The van der Waals surface area contributed by atoms with Crippen molar-refractivity contribution in [2.24, 2.45) is 11.8 Å². The van der Waals surface area contributed by atoms with Gasteiger partial charge in [-0.05, 0) is 38.0 Å². The molecule has 1 aromatic rings. The van der Waals surface area contributed by atoms with E-state index in [1.54, 1.807) is 6.92 Å². The van der Waals surface area contributed by atoms with Crippen LogP contribution in [0.2, 0.25) is 0 Å². The molecule has 1 heterocycles. The summed E-state index contributed by atoms with van der Waals surface area (Å²) in [6.45, 7) is 2.08. The fourth-order valence-electron chi connectivity index (χ4n) is 3.22. The fourth-order valence-corrected chi connectivity index (χ4v) is 3.22. The van der Waals surface area contributed by atoms with Crippen molar-refractivity contribution in [3.63, 3.8) is 0 Å². The van der Waals surface area contributed by atoms with Gasteiger partial charge in [0.1, 0.15) is 0 Å². The molecule has 3 rings (SSSR count). The molecule has 0 aromatic carbocycles. The zero-order valence-electron chi connectivity index (χ0n) is 9.89. The number of nitrogens with zero attached hydrogens (tertiary/aromatic N) is 2. The fraction of sp³-hybridized carbons (Fsp3) is 0.750. The Morgan fingerprint density at radius 3 is 3.00 bits per heavy atom. The van der Waals surface area contributed by atoms with Gasteiger partial charge in [-0.15, -0.1) is 0 Å². The number of rotatable bonds is 3. The molecule has 1 aromatic heterocycles. The van der Waals surface area contributed by atoms with E-state index in [0.29, 0.717) is 24.3 Å². The van der Waals surface area contributed by atoms with Crippen molar-refractivity contribution in [1.82, 2.24) is 10.1 Å². The Balaban J connectivity index is 1.74. The predicted molar refractivity (Wildman–Crippen MR) is 58.4 cm³/mol. The summed E-state index contributed by atoms with van der Waals surface area (Å²) in [5, 5.41) is 3.93. The number of aromatic nitrogens is 2. The van der Waals surface area contributed by atoms with Gasteiger partial charge in [0, 0.05) is 5.92 Å². The first-order chi connectivity index (χ1) is 8.28. The number of esters is 1. The molecule has 2 aliphatic rings. The lowest BCUT2D eigenvalue weighted by Crippen LogP contribution is -2.11. The molecule has 17 heavy (non-hydrogen) atoms. The van der Waals surface area contributed by atoms with Crippen LogP contribution in [0.25, 0.3) is 0 Å². The average Bonchev–Trinajstić information content (AvgIpc) is 3.05. The van der Waals surface area contributed by atoms with Crippen LogP contribution in [0.15, 0.2) is 4.52 Å². The van der Waals surface area contributed by atoms with Gasteiger partial charge in [0.15, 0.2) is 5.82 Å². The minimum absolute atomic E-state index is 0.00961. The first-order valence-corrected chi connectivity index (χ1v) is 6.28. The quantitative estimate of drug-likeness (QED) is 0.752. The SMILES string of the molecule is CCOC(=O)c1nc(C2CC3CCC2C3)no1. The molecule has 0 saturated heterocycles. The van der Waals surface area contributed by atoms with E-state index in [1.807, 2.05) is 0 Å². The van der Waals surface area contributed by atoms with Gasteiger partial charge in [-0.1, -0.05) is 11.6 Å². The van der Waals surface area contributed by atoms with E-state index >= 15 is 0 Å². The van der Waals surface area contributed by atoms with Crippen molar-refractivity contribution in [1.29, 1.82) is 0 Å². The van der Waals surface area contributed by atoms with Crippen LogP contribution >= 0.6 is 0 Å². The first-order valence-electron chi connectivity index (χ1n) is 6.28. The maximum absolute atomic E-state index is 11.4. The Morgan fingerprint density at radius 1 is 1.47 bits per heavy atom. The number of carbonyl (C=O) groups excluding carboxylic acids is 1. The highest BCUT2D eigenvalue weighted by Crippen LogP contribution is 2.52. The zero-order valence-corrected chi connectivity index (χ0v) is 9.89. The van der Waals surface area contributed by atoms with E-state index in [1.165, 1.54) is 19.3 Å². The van der Waals surface area contributed by atoms with Crippen LogP contribution in [0.1, 0.15) is 55.0 Å². The topological polar surface area (TPSA) is 65.2 Å². The maximum atomic E-state index is 11.4. The number of carbonyl (C=O) groups is 1. The number of hydrogen-bond acceptors (Lipinski definition) is 5. The maximum Gasteiger partial charge on any atom is 0.397 e. The summed E-state index contributed by atoms with van der Waals surface area (Å²) in [5.41, 5.74) is 0. The highest BCUT2D eigenvalue weighted by Gasteiger charge is 2.42. The van der Waals surface area contributed by atoms with Crippen molar-refractivity contribution in [2.75, 3.05) is 6.61 Å². The van der Waals surface area contributed by atoms with E-state index in [-0.39, 0.29) is 5.89 Å². The van der Waals surface area contributed by atoms with Crippen molar-refractivity contribution in [3.8, 4) is 0 Å². The predicted octanol–water partition coefficient (Wildman–Crippen LogP) is 2.15. The lowest BCUT2D eigenvalue weighted by atomic mass is 9.88. The van der Waals surface area contributed by atoms with Crippen LogP contribution in [0, 0.1) is 11.8 Å². The summed E-state index contributed by atoms with van der Waals surface area (Å²) in [6, 6.07) is 0. The average molecular weight is 236 g/mol. The van der Waals surface area contributed by atoms with Gasteiger partial charge in [0.25, 0.3) is 0 Å². The second-order valence-electron chi connectivity index (χ2n) is 4.96. The van der Waals surface area contributed by atoms with Crippen LogP contribution in [0.4, 0.5) is 0 Å². The molecule has 0 spiro atoms. The van der Waals surface area contributed by atoms with Crippen molar-refractivity contribution < 1.29 is 14.1 Å². The lowest BCUT2D eigenvalue weighted by molar-refractivity contribution is 0.0470. The first kappa shape index (κ1) is 10.7. The van der Waals surface area contributed by atoms with Gasteiger partial charge in [0.2, 0.25) is 0 Å². The molecule has 2 aliphatic carbocycles. The Hall–Kier alpha value is -1.39. The molecule has 2 bridgehead atoms. The molecule has 0 N–H and O–H groups in total. The van der Waals surface area contributed by atoms with E-state index in [2.05, 4.69) is 10.1 Å². The molecule has 3 unspecified atom stereocenters. The summed E-state index contributed by atoms with van der Waals surface area (Å²) >= 11 is 0. The van der Waals surface area contributed by atoms with Gasteiger partial charge in [0.05, 0.1) is 6.61 Å². The summed E-state index contributed by atoms with van der Waals surface area (Å²) in [6.07, 6.45) is 5.03. The van der Waals surface area contributed by atoms with Crippen LogP contribution in [-0.2, 0) is 4.74 Å². The number of hydrogen-bond donors (Lipinski definition) is 0. The molecule has 3 atom stereocenters. The third-order valence-electron chi connectivity index (χ3n) is 3.96. The molecule has 92 valence electrons. The molecular weight excluding hydrogens is 220 g/mol. The number of fused-ring (bicyclic) bond motifs is 2. The molecule has 2 fully saturated rings. The van der Waals surface area contributed by atoms with Gasteiger partial charge in [-0.3, -0.25) is 0 Å².